The molecule has 3 rings (SSSR count). The molecule has 26 heavy (non-hydrogen) atoms. The van der Waals surface area contributed by atoms with Gasteiger partial charge in [0.2, 0.25) is 16.9 Å². The molecule has 0 bridgehead atoms. The van der Waals surface area contributed by atoms with Crippen LogP contribution in [0.1, 0.15) is 6.92 Å². The quantitative estimate of drug-likeness (QED) is 0.489. The molecule has 3 aromatic rings. The van der Waals surface area contributed by atoms with E-state index in [4.69, 9.17) is 26.6 Å². The average Bonchev–Trinajstić information content (AvgIpc) is 3.25. The van der Waals surface area contributed by atoms with Gasteiger partial charge >= 0.3 is 0 Å². The number of amides is 1. The normalized spacial score (nSPS) is 12.0. The molecule has 0 unspecified atom stereocenters. The minimum absolute atomic E-state index is 0.252. The number of nitrogens with one attached hydrogen (secondary N) is 1. The van der Waals surface area contributed by atoms with Gasteiger partial charge in [0.25, 0.3) is 0 Å². The number of methoxy groups -OCH3 is 1. The molecule has 136 valence electrons. The van der Waals surface area contributed by atoms with E-state index >= 15 is 0 Å². The Morgan fingerprint density at radius 3 is 2.92 bits per heavy atom. The number of furan rings is 1. The molecule has 0 aliphatic rings. The molecule has 10 heteroatoms. The van der Waals surface area contributed by atoms with Crippen molar-refractivity contribution < 1.29 is 13.9 Å². The molecule has 0 saturated carbocycles. The van der Waals surface area contributed by atoms with Crippen LogP contribution in [-0.2, 0) is 4.79 Å². The lowest BCUT2D eigenvalue weighted by Gasteiger charge is -2.14. The van der Waals surface area contributed by atoms with Crippen molar-refractivity contribution in [2.24, 2.45) is 0 Å². The van der Waals surface area contributed by atoms with Crippen LogP contribution in [0.25, 0.3) is 11.6 Å². The lowest BCUT2D eigenvalue weighted by molar-refractivity contribution is -0.115. The van der Waals surface area contributed by atoms with E-state index in [1.807, 2.05) is 0 Å². The zero-order valence-corrected chi connectivity index (χ0v) is 15.5. The third-order valence-corrected chi connectivity index (χ3v) is 4.77. The minimum atomic E-state index is -0.491. The fourth-order valence-electron chi connectivity index (χ4n) is 2.16. The number of hydrogen-bond donors (Lipinski definition) is 2. The van der Waals surface area contributed by atoms with Crippen molar-refractivity contribution in [2.75, 3.05) is 18.3 Å². The highest BCUT2D eigenvalue weighted by atomic mass is 35.5. The number of halogens is 1. The number of ether oxygens (including phenoxy) is 1. The summed E-state index contributed by atoms with van der Waals surface area (Å²) in [6, 6.07) is 8.44. The highest BCUT2D eigenvalue weighted by Crippen LogP contribution is 2.30. The van der Waals surface area contributed by atoms with E-state index in [-0.39, 0.29) is 5.91 Å². The van der Waals surface area contributed by atoms with E-state index in [0.717, 1.165) is 0 Å². The second-order valence-corrected chi connectivity index (χ2v) is 6.99. The summed E-state index contributed by atoms with van der Waals surface area (Å²) >= 11 is 7.15. The van der Waals surface area contributed by atoms with Gasteiger partial charge in [0.15, 0.2) is 5.76 Å². The van der Waals surface area contributed by atoms with Crippen LogP contribution in [0.5, 0.6) is 5.75 Å². The maximum absolute atomic E-state index is 12.5. The third kappa shape index (κ3) is 3.78. The summed E-state index contributed by atoms with van der Waals surface area (Å²) in [4.78, 5) is 12.5. The first-order valence-corrected chi connectivity index (χ1v) is 8.80. The van der Waals surface area contributed by atoms with Gasteiger partial charge in [0, 0.05) is 5.02 Å². The van der Waals surface area contributed by atoms with E-state index in [2.05, 4.69) is 15.5 Å². The molecule has 1 atom stereocenters. The van der Waals surface area contributed by atoms with Gasteiger partial charge in [-0.25, -0.2) is 4.68 Å². The van der Waals surface area contributed by atoms with Gasteiger partial charge in [0.1, 0.15) is 5.75 Å². The van der Waals surface area contributed by atoms with Crippen molar-refractivity contribution >= 4 is 35.0 Å². The number of nitrogens with two attached hydrogens (primary N) is 1. The molecule has 2 aromatic heterocycles. The van der Waals surface area contributed by atoms with Crippen LogP contribution in [-0.4, -0.2) is 33.1 Å². The van der Waals surface area contributed by atoms with Crippen LogP contribution in [0.15, 0.2) is 46.2 Å². The minimum Gasteiger partial charge on any atom is -0.495 e. The number of carbonyl (C=O) groups excluding carboxylic acids is 1. The van der Waals surface area contributed by atoms with Crippen LogP contribution >= 0.6 is 23.4 Å². The maximum atomic E-state index is 12.5. The molecule has 0 spiro atoms. The van der Waals surface area contributed by atoms with Crippen LogP contribution < -0.4 is 15.9 Å². The zero-order chi connectivity index (χ0) is 18.7. The molecule has 2 heterocycles. The molecule has 0 fully saturated rings. The maximum Gasteiger partial charge on any atom is 0.237 e. The van der Waals surface area contributed by atoms with Crippen LogP contribution in [0.3, 0.4) is 0 Å². The summed E-state index contributed by atoms with van der Waals surface area (Å²) in [6.07, 6.45) is 1.52. The molecule has 1 aromatic carbocycles. The second kappa shape index (κ2) is 7.71. The lowest BCUT2D eigenvalue weighted by Crippen LogP contribution is -2.24. The summed E-state index contributed by atoms with van der Waals surface area (Å²) in [6.45, 7) is 1.73. The highest BCUT2D eigenvalue weighted by Gasteiger charge is 2.21. The smallest absolute Gasteiger partial charge is 0.237 e. The van der Waals surface area contributed by atoms with E-state index in [9.17, 15) is 4.79 Å². The molecular formula is C16H16ClN5O3S. The van der Waals surface area contributed by atoms with Gasteiger partial charge in [-0.2, -0.15) is 0 Å². The Bertz CT molecular complexity index is 913. The predicted octanol–water partition coefficient (Wildman–Crippen LogP) is 3.03. The fourth-order valence-corrected chi connectivity index (χ4v) is 3.10. The molecule has 0 aliphatic heterocycles. The summed E-state index contributed by atoms with van der Waals surface area (Å²) in [5.41, 5.74) is 0.489. The first-order valence-electron chi connectivity index (χ1n) is 7.55. The standard InChI is InChI=1S/C16H16ClN5O3S/c1-9(15(23)19-11-8-10(17)5-6-12(11)24-2)26-16-21-20-14(22(16)18)13-4-3-7-25-13/h3-9H,18H2,1-2H3,(H,19,23)/t9-/m1/s1. The molecule has 1 amide bonds. The van der Waals surface area contributed by atoms with Crippen molar-refractivity contribution in [2.45, 2.75) is 17.3 Å². The number of thioether (sulfide) groups is 1. The van der Waals surface area contributed by atoms with Gasteiger partial charge in [-0.3, -0.25) is 4.79 Å². The number of nitrogen functional groups attached to an aromatic ring is 1. The van der Waals surface area contributed by atoms with Gasteiger partial charge in [-0.15, -0.1) is 10.2 Å². The predicted molar refractivity (Wildman–Crippen MR) is 99.8 cm³/mol. The van der Waals surface area contributed by atoms with Gasteiger partial charge < -0.3 is 20.3 Å². The molecule has 3 N–H and O–H groups in total. The topological polar surface area (TPSA) is 108 Å². The summed E-state index contributed by atoms with van der Waals surface area (Å²) < 4.78 is 11.8. The molecular weight excluding hydrogens is 378 g/mol. The van der Waals surface area contributed by atoms with Crippen LogP contribution in [0.2, 0.25) is 5.02 Å². The van der Waals surface area contributed by atoms with Gasteiger partial charge in [-0.1, -0.05) is 23.4 Å². The number of carbonyl (C=O) groups is 1. The SMILES string of the molecule is COc1ccc(Cl)cc1NC(=O)[C@@H](C)Sc1nnc(-c2ccco2)n1N. The van der Waals surface area contributed by atoms with Crippen LogP contribution in [0.4, 0.5) is 5.69 Å². The third-order valence-electron chi connectivity index (χ3n) is 3.48. The monoisotopic (exact) mass is 393 g/mol. The number of nitrogens with zero attached hydrogens (tertiary/aromatic N) is 3. The zero-order valence-electron chi connectivity index (χ0n) is 14.0. The van der Waals surface area contributed by atoms with Crippen molar-refractivity contribution in [1.82, 2.24) is 14.9 Å². The van der Waals surface area contributed by atoms with Crippen LogP contribution in [0, 0.1) is 0 Å². The largest absolute Gasteiger partial charge is 0.495 e. The number of aromatic nitrogens is 3. The highest BCUT2D eigenvalue weighted by molar-refractivity contribution is 8.00. The summed E-state index contributed by atoms with van der Waals surface area (Å²) in [5.74, 6) is 7.14. The molecule has 0 radical (unpaired) electrons. The van der Waals surface area contributed by atoms with Crippen molar-refractivity contribution in [3.63, 3.8) is 0 Å². The first kappa shape index (κ1) is 18.2. The van der Waals surface area contributed by atoms with Gasteiger partial charge in [0.05, 0.1) is 24.3 Å². The Morgan fingerprint density at radius 1 is 1.42 bits per heavy atom. The number of anilines is 1. The number of rotatable bonds is 6. The molecule has 0 aliphatic carbocycles. The Hall–Kier alpha value is -2.65. The molecule has 8 nitrogen and oxygen atoms in total. The molecule has 0 saturated heterocycles. The Labute approximate surface area is 158 Å². The number of benzene rings is 1. The Balaban J connectivity index is 1.71. The fraction of sp³-hybridized carbons (Fsp3) is 0.188. The summed E-state index contributed by atoms with van der Waals surface area (Å²) in [5, 5.41) is 11.2. The second-order valence-electron chi connectivity index (χ2n) is 5.25. The van der Waals surface area contributed by atoms with E-state index < -0.39 is 5.25 Å². The van der Waals surface area contributed by atoms with Gasteiger partial charge in [-0.05, 0) is 37.3 Å². The first-order chi connectivity index (χ1) is 12.5. The van der Waals surface area contributed by atoms with Crippen molar-refractivity contribution in [1.29, 1.82) is 0 Å². The van der Waals surface area contributed by atoms with E-state index in [0.29, 0.717) is 33.2 Å². The van der Waals surface area contributed by atoms with Crippen molar-refractivity contribution in [3.05, 3.63) is 41.6 Å². The number of hydrogen-bond acceptors (Lipinski definition) is 7. The Morgan fingerprint density at radius 2 is 2.23 bits per heavy atom. The lowest BCUT2D eigenvalue weighted by atomic mass is 10.3. The Kier molecular flexibility index (Phi) is 5.38. The average molecular weight is 394 g/mol. The van der Waals surface area contributed by atoms with E-state index in [1.54, 1.807) is 37.3 Å². The summed E-state index contributed by atoms with van der Waals surface area (Å²) in [7, 11) is 1.52. The van der Waals surface area contributed by atoms with Crippen molar-refractivity contribution in [3.8, 4) is 17.3 Å². The van der Waals surface area contributed by atoms with E-state index in [1.165, 1.54) is 29.8 Å².